The number of allylic oxidation sites excluding steroid dienone is 2. The van der Waals surface area contributed by atoms with Crippen LogP contribution in [0.2, 0.25) is 0 Å². The van der Waals surface area contributed by atoms with Crippen LogP contribution in [0.3, 0.4) is 0 Å². The van der Waals surface area contributed by atoms with Crippen molar-refractivity contribution < 1.29 is 18.7 Å². The Bertz CT molecular complexity index is 1760. The van der Waals surface area contributed by atoms with Gasteiger partial charge < -0.3 is 13.9 Å². The average Bonchev–Trinajstić information content (AvgIpc) is 3.59. The fourth-order valence-corrected chi connectivity index (χ4v) is 5.03. The van der Waals surface area contributed by atoms with Gasteiger partial charge in [-0.25, -0.2) is 15.0 Å². The maximum atomic E-state index is 13.0. The van der Waals surface area contributed by atoms with Crippen LogP contribution in [0.15, 0.2) is 99.1 Å². The number of furan rings is 1. The number of methoxy groups -OCH3 is 2. The van der Waals surface area contributed by atoms with E-state index in [1.165, 1.54) is 0 Å². The standard InChI is InChI=1S/C31H22N4O4/c1-37-21-12-7-19(8-13-21)25-27-30-33-29(26-23-6-4-3-5-18(23)11-16-24(26)36)34-35(30)17-32-31(27)39-28(25)20-9-14-22(38-2)15-10-20/h3-17,34H,1-2H3. The predicted molar refractivity (Wildman–Crippen MR) is 150 cm³/mol. The number of aliphatic imine (C=N–C) groups is 2. The number of hydrazine groups is 1. The first kappa shape index (κ1) is 22.8. The molecule has 0 radical (unpaired) electrons. The first-order valence-corrected chi connectivity index (χ1v) is 12.4. The molecule has 3 aromatic carbocycles. The molecule has 0 fully saturated rings. The van der Waals surface area contributed by atoms with E-state index in [1.54, 1.807) is 31.6 Å². The van der Waals surface area contributed by atoms with Gasteiger partial charge in [-0.05, 0) is 59.2 Å². The highest BCUT2D eigenvalue weighted by atomic mass is 16.5. The van der Waals surface area contributed by atoms with Crippen LogP contribution >= 0.6 is 0 Å². The number of nitrogens with zero attached hydrogens (tertiary/aromatic N) is 3. The Morgan fingerprint density at radius 3 is 2.23 bits per heavy atom. The van der Waals surface area contributed by atoms with Gasteiger partial charge in [0.05, 0.1) is 25.4 Å². The molecule has 0 atom stereocenters. The van der Waals surface area contributed by atoms with Gasteiger partial charge in [-0.3, -0.25) is 10.2 Å². The van der Waals surface area contributed by atoms with Crippen LogP contribution in [0.25, 0.3) is 34.1 Å². The van der Waals surface area contributed by atoms with Crippen LogP contribution in [0.5, 0.6) is 11.5 Å². The van der Waals surface area contributed by atoms with E-state index in [0.29, 0.717) is 28.9 Å². The molecule has 0 saturated heterocycles. The Balaban J connectivity index is 1.44. The lowest BCUT2D eigenvalue weighted by Gasteiger charge is -2.19. The molecule has 190 valence electrons. The van der Waals surface area contributed by atoms with Crippen molar-refractivity contribution in [3.05, 3.63) is 101 Å². The summed E-state index contributed by atoms with van der Waals surface area (Å²) in [4.78, 5) is 22.6. The zero-order valence-electron chi connectivity index (χ0n) is 21.1. The number of rotatable bonds is 4. The van der Waals surface area contributed by atoms with Crippen LogP contribution in [0, 0.1) is 0 Å². The summed E-state index contributed by atoms with van der Waals surface area (Å²) in [6, 6.07) is 23.2. The summed E-state index contributed by atoms with van der Waals surface area (Å²) in [5.41, 5.74) is 8.90. The third-order valence-electron chi connectivity index (χ3n) is 6.93. The highest BCUT2D eigenvalue weighted by molar-refractivity contribution is 6.31. The van der Waals surface area contributed by atoms with Crippen LogP contribution in [-0.4, -0.2) is 37.2 Å². The minimum Gasteiger partial charge on any atom is -0.497 e. The van der Waals surface area contributed by atoms with E-state index in [1.807, 2.05) is 78.9 Å². The molecule has 0 spiro atoms. The van der Waals surface area contributed by atoms with Gasteiger partial charge in [0.2, 0.25) is 5.88 Å². The molecule has 39 heavy (non-hydrogen) atoms. The summed E-state index contributed by atoms with van der Waals surface area (Å²) in [5, 5.41) is 1.72. The molecule has 3 aliphatic rings. The van der Waals surface area contributed by atoms with Gasteiger partial charge in [0.15, 0.2) is 17.4 Å². The fraction of sp³-hybridized carbons (Fsp3) is 0.0645. The molecule has 8 heteroatoms. The topological polar surface area (TPSA) is 88.7 Å². The van der Waals surface area contributed by atoms with Gasteiger partial charge in [0, 0.05) is 11.1 Å². The fourth-order valence-electron chi connectivity index (χ4n) is 5.03. The lowest BCUT2D eigenvalue weighted by atomic mass is 9.91. The van der Waals surface area contributed by atoms with Crippen molar-refractivity contribution in [3.63, 3.8) is 0 Å². The summed E-state index contributed by atoms with van der Waals surface area (Å²) in [5.74, 6) is 3.52. The Morgan fingerprint density at radius 2 is 1.51 bits per heavy atom. The van der Waals surface area contributed by atoms with Gasteiger partial charge in [-0.2, -0.15) is 0 Å². The van der Waals surface area contributed by atoms with E-state index < -0.39 is 0 Å². The third-order valence-corrected chi connectivity index (χ3v) is 6.93. The number of amidine groups is 1. The number of hydrogen-bond acceptors (Lipinski definition) is 8. The van der Waals surface area contributed by atoms with Crippen molar-refractivity contribution in [3.8, 4) is 33.9 Å². The minimum atomic E-state index is -0.112. The Hall–Kier alpha value is -5.37. The minimum absolute atomic E-state index is 0.112. The largest absolute Gasteiger partial charge is 0.497 e. The molecule has 1 aromatic heterocycles. The van der Waals surface area contributed by atoms with Gasteiger partial charge in [0.1, 0.15) is 23.6 Å². The first-order chi connectivity index (χ1) is 19.1. The SMILES string of the molecule is COc1ccc(-c2oc3c(c2-c2ccc(OC)cc2)C2=NC(=C4C(=O)C=Cc5ccccc54)NN2C=N3)cc1. The van der Waals surface area contributed by atoms with Gasteiger partial charge in [0.25, 0.3) is 0 Å². The van der Waals surface area contributed by atoms with E-state index >= 15 is 0 Å². The van der Waals surface area contributed by atoms with Crippen LogP contribution in [-0.2, 0) is 4.79 Å². The second-order valence-electron chi connectivity index (χ2n) is 9.11. The molecule has 1 N–H and O–H groups in total. The number of carbonyl (C=O) groups is 1. The highest BCUT2D eigenvalue weighted by Gasteiger charge is 2.36. The summed E-state index contributed by atoms with van der Waals surface area (Å²) in [7, 11) is 3.27. The zero-order chi connectivity index (χ0) is 26.5. The van der Waals surface area contributed by atoms with E-state index in [-0.39, 0.29) is 5.78 Å². The van der Waals surface area contributed by atoms with Gasteiger partial charge in [-0.1, -0.05) is 42.5 Å². The second-order valence-corrected chi connectivity index (χ2v) is 9.11. The molecule has 2 aliphatic heterocycles. The normalized spacial score (nSPS) is 16.8. The monoisotopic (exact) mass is 514 g/mol. The zero-order valence-corrected chi connectivity index (χ0v) is 21.1. The van der Waals surface area contributed by atoms with E-state index in [0.717, 1.165) is 44.9 Å². The molecule has 0 unspecified atom stereocenters. The third kappa shape index (κ3) is 3.65. The Kier molecular flexibility index (Phi) is 5.19. The number of nitrogens with one attached hydrogen (secondary N) is 1. The first-order valence-electron chi connectivity index (χ1n) is 12.4. The van der Waals surface area contributed by atoms with E-state index in [2.05, 4.69) is 10.4 Å². The molecular formula is C31H22N4O4. The lowest BCUT2D eigenvalue weighted by Crippen LogP contribution is -2.37. The van der Waals surface area contributed by atoms with Crippen molar-refractivity contribution in [2.45, 2.75) is 0 Å². The number of carbonyl (C=O) groups excluding carboxylic acids is 1. The van der Waals surface area contributed by atoms with Gasteiger partial charge in [-0.15, -0.1) is 0 Å². The van der Waals surface area contributed by atoms with Crippen LogP contribution < -0.4 is 14.9 Å². The van der Waals surface area contributed by atoms with E-state index in [4.69, 9.17) is 18.9 Å². The average molecular weight is 515 g/mol. The summed E-state index contributed by atoms with van der Waals surface area (Å²) in [6.07, 6.45) is 5.02. The number of ether oxygens (including phenoxy) is 2. The molecule has 7 rings (SSSR count). The lowest BCUT2D eigenvalue weighted by molar-refractivity contribution is -0.109. The summed E-state index contributed by atoms with van der Waals surface area (Å²) < 4.78 is 17.1. The second kappa shape index (κ2) is 8.88. The smallest absolute Gasteiger partial charge is 0.232 e. The highest BCUT2D eigenvalue weighted by Crippen LogP contribution is 2.46. The molecule has 0 amide bonds. The van der Waals surface area contributed by atoms with Crippen molar-refractivity contribution in [2.24, 2.45) is 9.98 Å². The van der Waals surface area contributed by atoms with Crippen molar-refractivity contribution >= 4 is 35.5 Å². The Labute approximate surface area is 224 Å². The maximum absolute atomic E-state index is 13.0. The number of ketones is 1. The number of hydrogen-bond donors (Lipinski definition) is 1. The van der Waals surface area contributed by atoms with Crippen molar-refractivity contribution in [1.29, 1.82) is 0 Å². The van der Waals surface area contributed by atoms with Crippen LogP contribution in [0.4, 0.5) is 5.88 Å². The maximum Gasteiger partial charge on any atom is 0.232 e. The molecule has 8 nitrogen and oxygen atoms in total. The molecule has 3 heterocycles. The van der Waals surface area contributed by atoms with Gasteiger partial charge >= 0.3 is 0 Å². The summed E-state index contributed by atoms with van der Waals surface area (Å²) in [6.45, 7) is 0. The van der Waals surface area contributed by atoms with Crippen molar-refractivity contribution in [2.75, 3.05) is 14.2 Å². The van der Waals surface area contributed by atoms with Crippen LogP contribution in [0.1, 0.15) is 16.7 Å². The summed E-state index contributed by atoms with van der Waals surface area (Å²) >= 11 is 0. The molecule has 0 bridgehead atoms. The van der Waals surface area contributed by atoms with E-state index in [9.17, 15) is 4.79 Å². The quantitative estimate of drug-likeness (QED) is 0.345. The predicted octanol–water partition coefficient (Wildman–Crippen LogP) is 5.84. The molecule has 4 aromatic rings. The molecule has 1 aliphatic carbocycles. The molecular weight excluding hydrogens is 492 g/mol. The molecule has 0 saturated carbocycles. The van der Waals surface area contributed by atoms with Crippen molar-refractivity contribution in [1.82, 2.24) is 10.4 Å². The number of benzene rings is 3. The Morgan fingerprint density at radius 1 is 0.821 bits per heavy atom. The number of fused-ring (bicyclic) bond motifs is 4.